The lowest BCUT2D eigenvalue weighted by Crippen LogP contribution is -2.22. The summed E-state index contributed by atoms with van der Waals surface area (Å²) in [6.07, 6.45) is 6.99. The van der Waals surface area contributed by atoms with Gasteiger partial charge in [-0.3, -0.25) is 9.36 Å². The van der Waals surface area contributed by atoms with Crippen molar-refractivity contribution in [2.75, 3.05) is 17.6 Å². The predicted octanol–water partition coefficient (Wildman–Crippen LogP) is 4.19. The molecule has 1 amide bonds. The first-order valence-electron chi connectivity index (χ1n) is 13.0. The number of amides is 1. The van der Waals surface area contributed by atoms with Gasteiger partial charge in [0, 0.05) is 24.4 Å². The van der Waals surface area contributed by atoms with Crippen LogP contribution in [0.5, 0.6) is 11.5 Å². The van der Waals surface area contributed by atoms with E-state index >= 15 is 0 Å². The summed E-state index contributed by atoms with van der Waals surface area (Å²) in [5, 5.41) is 6.18. The molecular weight excluding hydrogens is 506 g/mol. The number of imidazole rings is 1. The number of ether oxygens (including phenoxy) is 1. The van der Waals surface area contributed by atoms with Gasteiger partial charge in [0.25, 0.3) is 0 Å². The Hall–Kier alpha value is -5.22. The molecule has 1 fully saturated rings. The standard InChI is InChI=1S/C30H27N7O3/c31-28-27-29(34-19-33-28)37(23-7-4-6-21(18-23)35-26(38)10-5-17-32-20-11-12-20)30(39)36(27)22-13-15-25(16-14-22)40-24-8-2-1-3-9-24/h1-10,13-16,18-20,32H,11-12,17H2,(H,35,38)(H2,31,33,34)/b10-5+. The normalized spacial score (nSPS) is 13.1. The predicted molar refractivity (Wildman–Crippen MR) is 154 cm³/mol. The summed E-state index contributed by atoms with van der Waals surface area (Å²) in [4.78, 5) is 34.8. The monoisotopic (exact) mass is 533 g/mol. The number of anilines is 2. The van der Waals surface area contributed by atoms with E-state index in [4.69, 9.17) is 10.5 Å². The second-order valence-corrected chi connectivity index (χ2v) is 9.42. The molecule has 1 aliphatic carbocycles. The third kappa shape index (κ3) is 5.33. The Morgan fingerprint density at radius 3 is 2.50 bits per heavy atom. The third-order valence-electron chi connectivity index (χ3n) is 6.47. The third-order valence-corrected chi connectivity index (χ3v) is 6.47. The average Bonchev–Trinajstić information content (AvgIpc) is 3.74. The molecular formula is C30H27N7O3. The first-order chi connectivity index (χ1) is 19.6. The molecule has 0 unspecified atom stereocenters. The van der Waals surface area contributed by atoms with Crippen molar-refractivity contribution in [3.05, 3.63) is 108 Å². The molecule has 0 atom stereocenters. The van der Waals surface area contributed by atoms with Gasteiger partial charge in [-0.2, -0.15) is 0 Å². The maximum absolute atomic E-state index is 13.9. The molecule has 200 valence electrons. The molecule has 0 spiro atoms. The van der Waals surface area contributed by atoms with Gasteiger partial charge in [0.2, 0.25) is 5.91 Å². The van der Waals surface area contributed by atoms with Crippen LogP contribution in [0.4, 0.5) is 11.5 Å². The highest BCUT2D eigenvalue weighted by Gasteiger charge is 2.21. The van der Waals surface area contributed by atoms with E-state index in [0.29, 0.717) is 52.3 Å². The van der Waals surface area contributed by atoms with Crippen LogP contribution in [0.3, 0.4) is 0 Å². The summed E-state index contributed by atoms with van der Waals surface area (Å²) < 4.78 is 8.81. The number of carbonyl (C=O) groups excluding carboxylic acids is 1. The zero-order valence-electron chi connectivity index (χ0n) is 21.5. The fraction of sp³-hybridized carbons (Fsp3) is 0.133. The van der Waals surface area contributed by atoms with E-state index in [1.54, 1.807) is 54.6 Å². The van der Waals surface area contributed by atoms with E-state index in [0.717, 1.165) is 0 Å². The van der Waals surface area contributed by atoms with Gasteiger partial charge in [0.05, 0.1) is 11.4 Å². The molecule has 2 aromatic heterocycles. The van der Waals surface area contributed by atoms with Crippen LogP contribution in [0, 0.1) is 0 Å². The molecule has 10 heteroatoms. The van der Waals surface area contributed by atoms with Crippen LogP contribution in [-0.4, -0.2) is 37.6 Å². The molecule has 3 aromatic carbocycles. The average molecular weight is 534 g/mol. The number of nitrogens with one attached hydrogen (secondary N) is 2. The molecule has 4 N–H and O–H groups in total. The molecule has 1 saturated carbocycles. The van der Waals surface area contributed by atoms with Crippen molar-refractivity contribution in [3.63, 3.8) is 0 Å². The minimum Gasteiger partial charge on any atom is -0.457 e. The van der Waals surface area contributed by atoms with Gasteiger partial charge >= 0.3 is 5.69 Å². The van der Waals surface area contributed by atoms with Crippen molar-refractivity contribution in [2.24, 2.45) is 0 Å². The highest BCUT2D eigenvalue weighted by Crippen LogP contribution is 2.26. The number of hydrogen-bond acceptors (Lipinski definition) is 7. The number of aromatic nitrogens is 4. The van der Waals surface area contributed by atoms with Crippen molar-refractivity contribution in [1.29, 1.82) is 0 Å². The molecule has 0 bridgehead atoms. The summed E-state index contributed by atoms with van der Waals surface area (Å²) in [6, 6.07) is 24.1. The largest absolute Gasteiger partial charge is 0.457 e. The summed E-state index contributed by atoms with van der Waals surface area (Å²) in [6.45, 7) is 0.646. The van der Waals surface area contributed by atoms with Crippen molar-refractivity contribution in [3.8, 4) is 22.9 Å². The summed E-state index contributed by atoms with van der Waals surface area (Å²) in [7, 11) is 0. The molecule has 10 nitrogen and oxygen atoms in total. The van der Waals surface area contributed by atoms with E-state index in [2.05, 4.69) is 20.6 Å². The zero-order valence-corrected chi connectivity index (χ0v) is 21.5. The van der Waals surface area contributed by atoms with Gasteiger partial charge in [-0.05, 0) is 67.4 Å². The Kier molecular flexibility index (Phi) is 6.82. The summed E-state index contributed by atoms with van der Waals surface area (Å²) >= 11 is 0. The molecule has 5 aromatic rings. The molecule has 6 rings (SSSR count). The fourth-order valence-corrected chi connectivity index (χ4v) is 4.40. The summed E-state index contributed by atoms with van der Waals surface area (Å²) in [5.41, 5.74) is 8.22. The van der Waals surface area contributed by atoms with Crippen LogP contribution in [0.15, 0.2) is 102 Å². The van der Waals surface area contributed by atoms with E-state index in [9.17, 15) is 9.59 Å². The van der Waals surface area contributed by atoms with E-state index in [1.165, 1.54) is 34.4 Å². The Balaban J connectivity index is 1.31. The molecule has 1 aliphatic rings. The summed E-state index contributed by atoms with van der Waals surface area (Å²) in [5.74, 6) is 1.24. The molecule has 2 heterocycles. The van der Waals surface area contributed by atoms with Crippen LogP contribution in [0.25, 0.3) is 22.5 Å². The van der Waals surface area contributed by atoms with Gasteiger partial charge in [0.1, 0.15) is 23.3 Å². The number of carbonyl (C=O) groups is 1. The fourth-order valence-electron chi connectivity index (χ4n) is 4.40. The minimum absolute atomic E-state index is 0.167. The number of para-hydroxylation sites is 1. The lowest BCUT2D eigenvalue weighted by Gasteiger charge is -2.08. The molecule has 0 radical (unpaired) electrons. The number of nitrogens with zero attached hydrogens (tertiary/aromatic N) is 4. The second kappa shape index (κ2) is 10.9. The smallest absolute Gasteiger partial charge is 0.339 e. The van der Waals surface area contributed by atoms with Crippen molar-refractivity contribution in [2.45, 2.75) is 18.9 Å². The lowest BCUT2D eigenvalue weighted by molar-refractivity contribution is -0.111. The number of rotatable bonds is 9. The second-order valence-electron chi connectivity index (χ2n) is 9.42. The number of nitrogens with two attached hydrogens (primary N) is 1. The van der Waals surface area contributed by atoms with Crippen LogP contribution in [-0.2, 0) is 4.79 Å². The Morgan fingerprint density at radius 2 is 1.73 bits per heavy atom. The number of fused-ring (bicyclic) bond motifs is 1. The molecule has 0 aliphatic heterocycles. The van der Waals surface area contributed by atoms with Crippen molar-refractivity contribution >= 4 is 28.6 Å². The maximum Gasteiger partial charge on any atom is 0.339 e. The highest BCUT2D eigenvalue weighted by molar-refractivity contribution is 5.99. The Bertz CT molecular complexity index is 1750. The van der Waals surface area contributed by atoms with Crippen LogP contribution in [0.1, 0.15) is 12.8 Å². The first-order valence-corrected chi connectivity index (χ1v) is 13.0. The quantitative estimate of drug-likeness (QED) is 0.242. The van der Waals surface area contributed by atoms with Crippen molar-refractivity contribution < 1.29 is 9.53 Å². The Morgan fingerprint density at radius 1 is 0.950 bits per heavy atom. The molecule has 0 saturated heterocycles. The van der Waals surface area contributed by atoms with Gasteiger partial charge < -0.3 is 21.1 Å². The van der Waals surface area contributed by atoms with Crippen LogP contribution < -0.4 is 26.8 Å². The lowest BCUT2D eigenvalue weighted by atomic mass is 10.2. The first kappa shape index (κ1) is 25.1. The van der Waals surface area contributed by atoms with Gasteiger partial charge in [-0.1, -0.05) is 30.3 Å². The van der Waals surface area contributed by atoms with E-state index in [1.807, 2.05) is 30.3 Å². The number of hydrogen-bond donors (Lipinski definition) is 3. The van der Waals surface area contributed by atoms with Gasteiger partial charge in [0.15, 0.2) is 11.5 Å². The van der Waals surface area contributed by atoms with Gasteiger partial charge in [-0.25, -0.2) is 19.3 Å². The number of benzene rings is 3. The SMILES string of the molecule is Nc1ncnc2c1n(-c1ccc(Oc3ccccc3)cc1)c(=O)n2-c1cccc(NC(=O)/C=C/CNC2CC2)c1. The zero-order chi connectivity index (χ0) is 27.5. The minimum atomic E-state index is -0.381. The van der Waals surface area contributed by atoms with Crippen molar-refractivity contribution in [1.82, 2.24) is 24.4 Å². The van der Waals surface area contributed by atoms with E-state index < -0.39 is 0 Å². The highest BCUT2D eigenvalue weighted by atomic mass is 16.5. The number of nitrogen functional groups attached to an aromatic ring is 1. The Labute approximate surface area is 229 Å². The van der Waals surface area contributed by atoms with Crippen LogP contribution >= 0.6 is 0 Å². The van der Waals surface area contributed by atoms with Crippen LogP contribution in [0.2, 0.25) is 0 Å². The maximum atomic E-state index is 13.9. The van der Waals surface area contributed by atoms with Gasteiger partial charge in [-0.15, -0.1) is 0 Å². The van der Waals surface area contributed by atoms with E-state index in [-0.39, 0.29) is 17.4 Å². The molecule has 40 heavy (non-hydrogen) atoms. The topological polar surface area (TPSA) is 129 Å².